The molecule has 0 unspecified atom stereocenters. The number of hydrogen-bond donors (Lipinski definition) is 0. The molecule has 142 valence electrons. The minimum atomic E-state index is -0.161. The summed E-state index contributed by atoms with van der Waals surface area (Å²) in [6.07, 6.45) is 0. The van der Waals surface area contributed by atoms with Crippen LogP contribution in [0.5, 0.6) is 5.75 Å². The zero-order valence-corrected chi connectivity index (χ0v) is 16.6. The molecule has 0 saturated carbocycles. The molecule has 1 fully saturated rings. The zero-order valence-electron chi connectivity index (χ0n) is 14.3. The summed E-state index contributed by atoms with van der Waals surface area (Å²) >= 11 is 18.0. The van der Waals surface area contributed by atoms with Gasteiger partial charge in [0.2, 0.25) is 0 Å². The summed E-state index contributed by atoms with van der Waals surface area (Å²) in [6, 6.07) is 11.8. The molecule has 0 atom stereocenters. The number of hydrogen-bond acceptors (Lipinski definition) is 3. The highest BCUT2D eigenvalue weighted by Gasteiger charge is 2.26. The summed E-state index contributed by atoms with van der Waals surface area (Å²) in [6.45, 7) is 1.63. The van der Waals surface area contributed by atoms with E-state index in [1.807, 2.05) is 0 Å². The van der Waals surface area contributed by atoms with Gasteiger partial charge in [0.15, 0.2) is 6.61 Å². The lowest BCUT2D eigenvalue weighted by Crippen LogP contribution is -2.51. The van der Waals surface area contributed by atoms with Gasteiger partial charge in [0, 0.05) is 31.2 Å². The highest BCUT2D eigenvalue weighted by molar-refractivity contribution is 6.35. The molecule has 0 radical (unpaired) electrons. The largest absolute Gasteiger partial charge is 0.482 e. The fourth-order valence-corrected chi connectivity index (χ4v) is 3.47. The second-order valence-corrected chi connectivity index (χ2v) is 7.27. The first-order valence-corrected chi connectivity index (χ1v) is 9.48. The van der Waals surface area contributed by atoms with Gasteiger partial charge in [0.05, 0.1) is 15.6 Å². The smallest absolute Gasteiger partial charge is 0.260 e. The molecule has 8 heteroatoms. The molecule has 2 amide bonds. The van der Waals surface area contributed by atoms with Crippen molar-refractivity contribution in [1.29, 1.82) is 0 Å². The predicted octanol–water partition coefficient (Wildman–Crippen LogP) is 4.01. The van der Waals surface area contributed by atoms with Crippen molar-refractivity contribution in [3.63, 3.8) is 0 Å². The van der Waals surface area contributed by atoms with E-state index in [0.717, 1.165) is 0 Å². The number of nitrogens with zero attached hydrogens (tertiary/aromatic N) is 2. The average Bonchev–Trinajstić information content (AvgIpc) is 2.67. The first kappa shape index (κ1) is 19.8. The van der Waals surface area contributed by atoms with Crippen LogP contribution in [0.2, 0.25) is 15.1 Å². The van der Waals surface area contributed by atoms with Crippen LogP contribution in [0.1, 0.15) is 10.4 Å². The molecule has 0 N–H and O–H groups in total. The van der Waals surface area contributed by atoms with Gasteiger partial charge < -0.3 is 14.5 Å². The highest BCUT2D eigenvalue weighted by atomic mass is 35.5. The normalized spacial score (nSPS) is 14.2. The number of piperazine rings is 1. The molecule has 3 rings (SSSR count). The Bertz CT molecular complexity index is 852. The van der Waals surface area contributed by atoms with E-state index in [-0.39, 0.29) is 18.4 Å². The minimum Gasteiger partial charge on any atom is -0.482 e. The Kier molecular flexibility index (Phi) is 6.47. The van der Waals surface area contributed by atoms with E-state index < -0.39 is 0 Å². The van der Waals surface area contributed by atoms with Gasteiger partial charge in [0.1, 0.15) is 5.75 Å². The van der Waals surface area contributed by atoms with Crippen molar-refractivity contribution in [3.05, 3.63) is 63.1 Å². The van der Waals surface area contributed by atoms with Gasteiger partial charge in [0.25, 0.3) is 11.8 Å². The van der Waals surface area contributed by atoms with E-state index in [1.165, 1.54) is 0 Å². The van der Waals surface area contributed by atoms with Crippen LogP contribution in [0.25, 0.3) is 0 Å². The number of carbonyl (C=O) groups excluding carboxylic acids is 2. The fourth-order valence-electron chi connectivity index (χ4n) is 2.79. The van der Waals surface area contributed by atoms with E-state index in [0.29, 0.717) is 52.6 Å². The summed E-state index contributed by atoms with van der Waals surface area (Å²) in [4.78, 5) is 28.3. The quantitative estimate of drug-likeness (QED) is 0.741. The maximum Gasteiger partial charge on any atom is 0.260 e. The first-order valence-electron chi connectivity index (χ1n) is 8.35. The number of halogens is 3. The van der Waals surface area contributed by atoms with Crippen molar-refractivity contribution >= 4 is 46.6 Å². The predicted molar refractivity (Wildman–Crippen MR) is 106 cm³/mol. The van der Waals surface area contributed by atoms with E-state index in [2.05, 4.69) is 0 Å². The summed E-state index contributed by atoms with van der Waals surface area (Å²) in [5.41, 5.74) is 0.472. The molecular formula is C19H17Cl3N2O3. The number of rotatable bonds is 4. The number of amides is 2. The van der Waals surface area contributed by atoms with Crippen LogP contribution < -0.4 is 4.74 Å². The van der Waals surface area contributed by atoms with E-state index >= 15 is 0 Å². The van der Waals surface area contributed by atoms with Crippen LogP contribution in [-0.2, 0) is 4.79 Å². The molecular weight excluding hydrogens is 411 g/mol. The molecule has 2 aromatic rings. The Morgan fingerprint density at radius 2 is 1.56 bits per heavy atom. The number of ether oxygens (including phenoxy) is 1. The van der Waals surface area contributed by atoms with Gasteiger partial charge >= 0.3 is 0 Å². The summed E-state index contributed by atoms with van der Waals surface area (Å²) < 4.78 is 5.49. The van der Waals surface area contributed by atoms with Crippen LogP contribution in [0.3, 0.4) is 0 Å². The number of carbonyl (C=O) groups is 2. The maximum atomic E-state index is 12.6. The van der Waals surface area contributed by atoms with Crippen molar-refractivity contribution in [1.82, 2.24) is 9.80 Å². The lowest BCUT2D eigenvalue weighted by atomic mass is 10.2. The third-order valence-corrected chi connectivity index (χ3v) is 5.13. The van der Waals surface area contributed by atoms with Crippen LogP contribution in [0.4, 0.5) is 0 Å². The Balaban J connectivity index is 1.52. The number of benzene rings is 2. The molecule has 2 aromatic carbocycles. The Labute approximate surface area is 172 Å². The molecule has 1 saturated heterocycles. The van der Waals surface area contributed by atoms with Crippen LogP contribution >= 0.6 is 34.8 Å². The Morgan fingerprint density at radius 3 is 2.22 bits per heavy atom. The highest BCUT2D eigenvalue weighted by Crippen LogP contribution is 2.27. The maximum absolute atomic E-state index is 12.6. The van der Waals surface area contributed by atoms with Crippen molar-refractivity contribution < 1.29 is 14.3 Å². The summed E-state index contributed by atoms with van der Waals surface area (Å²) in [5.74, 6) is 0.115. The first-order chi connectivity index (χ1) is 13.0. The van der Waals surface area contributed by atoms with Crippen molar-refractivity contribution in [2.75, 3.05) is 32.8 Å². The fraction of sp³-hybridized carbons (Fsp3) is 0.263. The zero-order chi connectivity index (χ0) is 19.4. The SMILES string of the molecule is O=C(COc1ccc(Cl)cc1Cl)N1CCN(C(=O)c2ccccc2Cl)CC1. The standard InChI is InChI=1S/C19H17Cl3N2O3/c20-13-5-6-17(16(22)11-13)27-12-18(25)23-7-9-24(10-8-23)19(26)14-3-1-2-4-15(14)21/h1-6,11H,7-10,12H2. The van der Waals surface area contributed by atoms with Crippen LogP contribution in [0, 0.1) is 0 Å². The average molecular weight is 428 g/mol. The molecule has 1 aliphatic heterocycles. The second-order valence-electron chi connectivity index (χ2n) is 6.02. The lowest BCUT2D eigenvalue weighted by molar-refractivity contribution is -0.134. The van der Waals surface area contributed by atoms with Gasteiger partial charge in [-0.05, 0) is 30.3 Å². The molecule has 1 aliphatic rings. The molecule has 0 aliphatic carbocycles. The summed E-state index contributed by atoms with van der Waals surface area (Å²) in [7, 11) is 0. The molecule has 0 spiro atoms. The monoisotopic (exact) mass is 426 g/mol. The Morgan fingerprint density at radius 1 is 0.889 bits per heavy atom. The third kappa shape index (κ3) is 4.86. The minimum absolute atomic E-state index is 0.125. The van der Waals surface area contributed by atoms with Gasteiger partial charge in [-0.3, -0.25) is 9.59 Å². The lowest BCUT2D eigenvalue weighted by Gasteiger charge is -2.34. The van der Waals surface area contributed by atoms with Crippen molar-refractivity contribution in [2.24, 2.45) is 0 Å². The van der Waals surface area contributed by atoms with Gasteiger partial charge in [-0.2, -0.15) is 0 Å². The molecule has 0 aromatic heterocycles. The Hall–Kier alpha value is -1.95. The van der Waals surface area contributed by atoms with Crippen LogP contribution in [-0.4, -0.2) is 54.4 Å². The second kappa shape index (κ2) is 8.83. The van der Waals surface area contributed by atoms with Gasteiger partial charge in [-0.25, -0.2) is 0 Å². The topological polar surface area (TPSA) is 49.9 Å². The molecule has 0 bridgehead atoms. The van der Waals surface area contributed by atoms with Crippen molar-refractivity contribution in [2.45, 2.75) is 0 Å². The molecule has 5 nitrogen and oxygen atoms in total. The van der Waals surface area contributed by atoms with Crippen molar-refractivity contribution in [3.8, 4) is 5.75 Å². The van der Waals surface area contributed by atoms with Crippen LogP contribution in [0.15, 0.2) is 42.5 Å². The summed E-state index contributed by atoms with van der Waals surface area (Å²) in [5, 5.41) is 1.28. The van der Waals surface area contributed by atoms with E-state index in [4.69, 9.17) is 39.5 Å². The molecule has 27 heavy (non-hydrogen) atoms. The van der Waals surface area contributed by atoms with E-state index in [1.54, 1.807) is 52.3 Å². The van der Waals surface area contributed by atoms with Gasteiger partial charge in [-0.1, -0.05) is 46.9 Å². The molecule has 1 heterocycles. The third-order valence-electron chi connectivity index (χ3n) is 4.27. The van der Waals surface area contributed by atoms with Gasteiger partial charge in [-0.15, -0.1) is 0 Å². The van der Waals surface area contributed by atoms with E-state index in [9.17, 15) is 9.59 Å².